The monoisotopic (exact) mass is 263 g/mol. The molecule has 0 bridgehead atoms. The summed E-state index contributed by atoms with van der Waals surface area (Å²) in [6.07, 6.45) is 0. The van der Waals surface area contributed by atoms with Crippen molar-refractivity contribution in [3.05, 3.63) is 30.3 Å². The van der Waals surface area contributed by atoms with Crippen LogP contribution in [0.2, 0.25) is 0 Å². The van der Waals surface area contributed by atoms with Gasteiger partial charge in [0.15, 0.2) is 0 Å². The molecule has 0 aliphatic heterocycles. The number of H-pyrrole nitrogens is 1. The average molecular weight is 263 g/mol. The number of benzene rings is 1. The molecule has 4 heteroatoms. The summed E-state index contributed by atoms with van der Waals surface area (Å²) in [7, 11) is 1.43. The third-order valence-electron chi connectivity index (χ3n) is 2.83. The lowest BCUT2D eigenvalue weighted by atomic mass is 9.97. The van der Waals surface area contributed by atoms with Gasteiger partial charge in [0.1, 0.15) is 0 Å². The van der Waals surface area contributed by atoms with Crippen LogP contribution in [-0.2, 0) is 9.53 Å². The normalized spacial score (nSPS) is 11.7. The first-order valence-electron chi connectivity index (χ1n) is 5.82. The van der Waals surface area contributed by atoms with Crippen molar-refractivity contribution in [1.29, 1.82) is 0 Å². The Hall–Kier alpha value is -1.42. The Morgan fingerprint density at radius 3 is 2.78 bits per heavy atom. The van der Waals surface area contributed by atoms with Crippen LogP contribution in [-0.4, -0.2) is 23.8 Å². The summed E-state index contributed by atoms with van der Waals surface area (Å²) in [6, 6.07) is 10.2. The van der Waals surface area contributed by atoms with Gasteiger partial charge >= 0.3 is 5.97 Å². The molecular formula is C14H17NO2S. The van der Waals surface area contributed by atoms with Gasteiger partial charge in [0.05, 0.1) is 17.6 Å². The molecule has 96 valence electrons. The molecule has 0 atom stereocenters. The molecule has 0 saturated heterocycles. The molecule has 0 aliphatic rings. The molecule has 3 nitrogen and oxygen atoms in total. The van der Waals surface area contributed by atoms with Gasteiger partial charge in [-0.15, -0.1) is 11.8 Å². The number of hydrogen-bond acceptors (Lipinski definition) is 3. The van der Waals surface area contributed by atoms with E-state index in [4.69, 9.17) is 4.74 Å². The highest BCUT2D eigenvalue weighted by atomic mass is 32.2. The number of para-hydroxylation sites is 1. The molecule has 0 radical (unpaired) electrons. The van der Waals surface area contributed by atoms with Crippen LogP contribution in [0.1, 0.15) is 13.8 Å². The Morgan fingerprint density at radius 2 is 2.11 bits per heavy atom. The van der Waals surface area contributed by atoms with Gasteiger partial charge in [-0.1, -0.05) is 18.2 Å². The van der Waals surface area contributed by atoms with Crippen molar-refractivity contribution < 1.29 is 9.53 Å². The second-order valence-electron chi connectivity index (χ2n) is 4.88. The highest BCUT2D eigenvalue weighted by Crippen LogP contribution is 2.30. The molecule has 0 saturated carbocycles. The van der Waals surface area contributed by atoms with E-state index >= 15 is 0 Å². The standard InChI is InChI=1S/C14H17NO2S/c1-14(2,13(16)17-3)9-18-12-8-10-6-4-5-7-11(10)15-12/h4-8,15H,9H2,1-3H3. The van der Waals surface area contributed by atoms with Crippen molar-refractivity contribution in [2.24, 2.45) is 5.41 Å². The molecule has 0 unspecified atom stereocenters. The van der Waals surface area contributed by atoms with E-state index in [0.29, 0.717) is 5.75 Å². The quantitative estimate of drug-likeness (QED) is 0.678. The van der Waals surface area contributed by atoms with Crippen molar-refractivity contribution in [2.75, 3.05) is 12.9 Å². The number of methoxy groups -OCH3 is 1. The van der Waals surface area contributed by atoms with Crippen LogP contribution in [0.5, 0.6) is 0 Å². The number of aromatic amines is 1. The SMILES string of the molecule is COC(=O)C(C)(C)CSc1cc2ccccc2[nH]1. The Kier molecular flexibility index (Phi) is 3.66. The van der Waals surface area contributed by atoms with E-state index in [1.165, 1.54) is 12.5 Å². The fraction of sp³-hybridized carbons (Fsp3) is 0.357. The van der Waals surface area contributed by atoms with E-state index in [2.05, 4.69) is 17.1 Å². The molecule has 0 aliphatic carbocycles. The molecule has 2 aromatic rings. The summed E-state index contributed by atoms with van der Waals surface area (Å²) < 4.78 is 4.80. The predicted molar refractivity (Wildman–Crippen MR) is 74.8 cm³/mol. The number of nitrogens with one attached hydrogen (secondary N) is 1. The minimum absolute atomic E-state index is 0.175. The third-order valence-corrected chi connectivity index (χ3v) is 4.23. The molecule has 18 heavy (non-hydrogen) atoms. The van der Waals surface area contributed by atoms with Crippen LogP contribution in [0.4, 0.5) is 0 Å². The Morgan fingerprint density at radius 1 is 1.39 bits per heavy atom. The maximum Gasteiger partial charge on any atom is 0.312 e. The minimum atomic E-state index is -0.475. The van der Waals surface area contributed by atoms with E-state index < -0.39 is 5.41 Å². The molecular weight excluding hydrogens is 246 g/mol. The second kappa shape index (κ2) is 5.06. The minimum Gasteiger partial charge on any atom is -0.469 e. The first-order chi connectivity index (χ1) is 8.53. The van der Waals surface area contributed by atoms with Gasteiger partial charge in [-0.05, 0) is 26.0 Å². The fourth-order valence-electron chi connectivity index (χ4n) is 1.72. The smallest absolute Gasteiger partial charge is 0.312 e. The van der Waals surface area contributed by atoms with Crippen molar-refractivity contribution in [3.8, 4) is 0 Å². The summed E-state index contributed by atoms with van der Waals surface area (Å²) in [6.45, 7) is 3.79. The number of ether oxygens (including phenoxy) is 1. The van der Waals surface area contributed by atoms with Crippen molar-refractivity contribution in [2.45, 2.75) is 18.9 Å². The molecule has 0 fully saturated rings. The van der Waals surface area contributed by atoms with E-state index in [0.717, 1.165) is 10.5 Å². The zero-order chi connectivity index (χ0) is 13.2. The zero-order valence-electron chi connectivity index (χ0n) is 10.8. The maximum absolute atomic E-state index is 11.6. The van der Waals surface area contributed by atoms with Gasteiger partial charge in [0.2, 0.25) is 0 Å². The molecule has 0 amide bonds. The van der Waals surface area contributed by atoms with Crippen LogP contribution in [0.3, 0.4) is 0 Å². The molecule has 1 aromatic carbocycles. The number of thioether (sulfide) groups is 1. The zero-order valence-corrected chi connectivity index (χ0v) is 11.6. The fourth-order valence-corrected chi connectivity index (χ4v) is 2.74. The third kappa shape index (κ3) is 2.70. The maximum atomic E-state index is 11.6. The van der Waals surface area contributed by atoms with Gasteiger partial charge < -0.3 is 9.72 Å². The van der Waals surface area contributed by atoms with E-state index in [1.54, 1.807) is 11.8 Å². The van der Waals surface area contributed by atoms with Crippen molar-refractivity contribution in [1.82, 2.24) is 4.98 Å². The summed E-state index contributed by atoms with van der Waals surface area (Å²) in [5.74, 6) is 0.512. The second-order valence-corrected chi connectivity index (χ2v) is 5.90. The van der Waals surface area contributed by atoms with Crippen molar-refractivity contribution in [3.63, 3.8) is 0 Å². The van der Waals surface area contributed by atoms with E-state index in [9.17, 15) is 4.79 Å². The number of carbonyl (C=O) groups excluding carboxylic acids is 1. The summed E-state index contributed by atoms with van der Waals surface area (Å²) in [5.41, 5.74) is 0.646. The molecule has 2 rings (SSSR count). The van der Waals surface area contributed by atoms with Gasteiger partial charge in [-0.2, -0.15) is 0 Å². The number of aromatic nitrogens is 1. The lowest BCUT2D eigenvalue weighted by Gasteiger charge is -2.20. The average Bonchev–Trinajstić information content (AvgIpc) is 2.78. The lowest BCUT2D eigenvalue weighted by Crippen LogP contribution is -2.28. The summed E-state index contributed by atoms with van der Waals surface area (Å²) in [4.78, 5) is 14.9. The molecule has 1 N–H and O–H groups in total. The number of fused-ring (bicyclic) bond motifs is 1. The van der Waals surface area contributed by atoms with Crippen LogP contribution in [0.25, 0.3) is 10.9 Å². The largest absolute Gasteiger partial charge is 0.469 e. The Balaban J connectivity index is 2.08. The van der Waals surface area contributed by atoms with Crippen molar-refractivity contribution >= 4 is 28.6 Å². The lowest BCUT2D eigenvalue weighted by molar-refractivity contribution is -0.149. The van der Waals surface area contributed by atoms with Crippen LogP contribution in [0, 0.1) is 5.41 Å². The summed E-state index contributed by atoms with van der Waals surface area (Å²) >= 11 is 1.64. The number of hydrogen-bond donors (Lipinski definition) is 1. The Labute approximate surface area is 111 Å². The molecule has 0 spiro atoms. The van der Waals surface area contributed by atoms with E-state index in [1.807, 2.05) is 32.0 Å². The number of rotatable bonds is 4. The predicted octanol–water partition coefficient (Wildman–Crippen LogP) is 3.46. The van der Waals surface area contributed by atoms with Crippen LogP contribution >= 0.6 is 11.8 Å². The Bertz CT molecular complexity index is 527. The van der Waals surface area contributed by atoms with Crippen LogP contribution in [0.15, 0.2) is 35.4 Å². The first-order valence-corrected chi connectivity index (χ1v) is 6.80. The summed E-state index contributed by atoms with van der Waals surface area (Å²) in [5, 5.41) is 2.27. The highest BCUT2D eigenvalue weighted by Gasteiger charge is 2.28. The van der Waals surface area contributed by atoms with Gasteiger partial charge in [-0.25, -0.2) is 0 Å². The molecule has 1 heterocycles. The van der Waals surface area contributed by atoms with Gasteiger partial charge in [0, 0.05) is 16.7 Å². The van der Waals surface area contributed by atoms with Gasteiger partial charge in [-0.3, -0.25) is 4.79 Å². The van der Waals surface area contributed by atoms with Gasteiger partial charge in [0.25, 0.3) is 0 Å². The first kappa shape index (κ1) is 13.0. The number of carbonyl (C=O) groups is 1. The van der Waals surface area contributed by atoms with Crippen LogP contribution < -0.4 is 0 Å². The number of esters is 1. The highest BCUT2D eigenvalue weighted by molar-refractivity contribution is 7.99. The van der Waals surface area contributed by atoms with E-state index in [-0.39, 0.29) is 5.97 Å². The topological polar surface area (TPSA) is 42.1 Å². The molecule has 1 aromatic heterocycles.